The van der Waals surface area contributed by atoms with Crippen molar-refractivity contribution in [3.63, 3.8) is 0 Å². The van der Waals surface area contributed by atoms with E-state index in [9.17, 15) is 4.39 Å². The molecule has 1 aromatic carbocycles. The van der Waals surface area contributed by atoms with Gasteiger partial charge in [-0.1, -0.05) is 32.4 Å². The van der Waals surface area contributed by atoms with Crippen LogP contribution >= 0.6 is 0 Å². The summed E-state index contributed by atoms with van der Waals surface area (Å²) in [7, 11) is 0. The molecule has 2 unspecified atom stereocenters. The molecule has 1 nitrogen and oxygen atoms in total. The highest BCUT2D eigenvalue weighted by molar-refractivity contribution is 5.22. The van der Waals surface area contributed by atoms with Crippen LogP contribution in [0.25, 0.3) is 0 Å². The summed E-state index contributed by atoms with van der Waals surface area (Å²) in [6.45, 7) is 5.40. The SMILES string of the molecule is CC(C)NCC1CCCC1c1cccc(F)c1. The van der Waals surface area contributed by atoms with Crippen molar-refractivity contribution in [1.29, 1.82) is 0 Å². The van der Waals surface area contributed by atoms with Crippen LogP contribution in [0.2, 0.25) is 0 Å². The lowest BCUT2D eigenvalue weighted by atomic mass is 9.88. The van der Waals surface area contributed by atoms with Crippen molar-refractivity contribution in [2.75, 3.05) is 6.54 Å². The van der Waals surface area contributed by atoms with Crippen molar-refractivity contribution in [2.45, 2.75) is 45.1 Å². The molecule has 0 radical (unpaired) electrons. The second-order valence-corrected chi connectivity index (χ2v) is 5.42. The van der Waals surface area contributed by atoms with Crippen LogP contribution in [0.3, 0.4) is 0 Å². The molecule has 0 amide bonds. The van der Waals surface area contributed by atoms with Crippen molar-refractivity contribution in [3.05, 3.63) is 35.6 Å². The summed E-state index contributed by atoms with van der Waals surface area (Å²) in [6, 6.07) is 7.67. The zero-order valence-electron chi connectivity index (χ0n) is 10.7. The molecule has 0 saturated heterocycles. The van der Waals surface area contributed by atoms with Crippen LogP contribution in [0.4, 0.5) is 4.39 Å². The van der Waals surface area contributed by atoms with Crippen molar-refractivity contribution < 1.29 is 4.39 Å². The standard InChI is InChI=1S/C15H22FN/c1-11(2)17-10-13-6-4-8-15(13)12-5-3-7-14(16)9-12/h3,5,7,9,11,13,15,17H,4,6,8,10H2,1-2H3. The first kappa shape index (κ1) is 12.6. The minimum Gasteiger partial charge on any atom is -0.314 e. The van der Waals surface area contributed by atoms with E-state index in [4.69, 9.17) is 0 Å². The van der Waals surface area contributed by atoms with Gasteiger partial charge in [-0.2, -0.15) is 0 Å². The molecule has 0 aromatic heterocycles. The lowest BCUT2D eigenvalue weighted by Gasteiger charge is -2.21. The normalized spacial score (nSPS) is 24.5. The molecule has 0 heterocycles. The third-order valence-electron chi connectivity index (χ3n) is 3.72. The van der Waals surface area contributed by atoms with Gasteiger partial charge in [0.25, 0.3) is 0 Å². The van der Waals surface area contributed by atoms with E-state index in [0.29, 0.717) is 17.9 Å². The molecule has 0 aliphatic heterocycles. The lowest BCUT2D eigenvalue weighted by Crippen LogP contribution is -2.30. The average Bonchev–Trinajstić information content (AvgIpc) is 2.74. The Morgan fingerprint density at radius 3 is 2.88 bits per heavy atom. The van der Waals surface area contributed by atoms with Gasteiger partial charge in [0.05, 0.1) is 0 Å². The van der Waals surface area contributed by atoms with E-state index in [0.717, 1.165) is 6.54 Å². The maximum atomic E-state index is 13.2. The smallest absolute Gasteiger partial charge is 0.123 e. The molecule has 1 saturated carbocycles. The molecular weight excluding hydrogens is 213 g/mol. The van der Waals surface area contributed by atoms with E-state index in [2.05, 4.69) is 25.2 Å². The van der Waals surface area contributed by atoms with E-state index in [1.54, 1.807) is 6.07 Å². The zero-order chi connectivity index (χ0) is 12.3. The highest BCUT2D eigenvalue weighted by Gasteiger charge is 2.28. The van der Waals surface area contributed by atoms with E-state index < -0.39 is 0 Å². The second-order valence-electron chi connectivity index (χ2n) is 5.42. The van der Waals surface area contributed by atoms with Crippen molar-refractivity contribution in [2.24, 2.45) is 5.92 Å². The van der Waals surface area contributed by atoms with Crippen LogP contribution in [0, 0.1) is 11.7 Å². The first-order valence-corrected chi connectivity index (χ1v) is 6.65. The number of hydrogen-bond acceptors (Lipinski definition) is 1. The Balaban J connectivity index is 2.04. The van der Waals surface area contributed by atoms with Gasteiger partial charge in [-0.3, -0.25) is 0 Å². The van der Waals surface area contributed by atoms with E-state index >= 15 is 0 Å². The third-order valence-corrected chi connectivity index (χ3v) is 3.72. The molecular formula is C15H22FN. The van der Waals surface area contributed by atoms with E-state index in [1.165, 1.54) is 30.9 Å². The Hall–Kier alpha value is -0.890. The largest absolute Gasteiger partial charge is 0.314 e. The Morgan fingerprint density at radius 1 is 1.35 bits per heavy atom. The molecule has 1 N–H and O–H groups in total. The van der Waals surface area contributed by atoms with Crippen LogP contribution in [-0.2, 0) is 0 Å². The molecule has 17 heavy (non-hydrogen) atoms. The molecule has 1 aliphatic rings. The predicted octanol–water partition coefficient (Wildman–Crippen LogP) is 3.71. The fourth-order valence-corrected chi connectivity index (χ4v) is 2.84. The Morgan fingerprint density at radius 2 is 2.18 bits per heavy atom. The van der Waals surface area contributed by atoms with Crippen LogP contribution in [0.15, 0.2) is 24.3 Å². The molecule has 1 aliphatic carbocycles. The molecule has 0 spiro atoms. The summed E-state index contributed by atoms with van der Waals surface area (Å²) < 4.78 is 13.2. The van der Waals surface area contributed by atoms with E-state index in [-0.39, 0.29) is 5.82 Å². The number of nitrogens with one attached hydrogen (secondary N) is 1. The topological polar surface area (TPSA) is 12.0 Å². The summed E-state index contributed by atoms with van der Waals surface area (Å²) in [5, 5.41) is 3.51. The van der Waals surface area contributed by atoms with Gasteiger partial charge in [0.2, 0.25) is 0 Å². The maximum Gasteiger partial charge on any atom is 0.123 e. The minimum atomic E-state index is -0.107. The molecule has 2 atom stereocenters. The molecule has 2 heteroatoms. The molecule has 2 rings (SSSR count). The van der Waals surface area contributed by atoms with Crippen LogP contribution in [0.5, 0.6) is 0 Å². The van der Waals surface area contributed by atoms with Gasteiger partial charge >= 0.3 is 0 Å². The lowest BCUT2D eigenvalue weighted by molar-refractivity contribution is 0.422. The maximum absolute atomic E-state index is 13.2. The molecule has 1 fully saturated rings. The zero-order valence-corrected chi connectivity index (χ0v) is 10.7. The number of rotatable bonds is 4. The van der Waals surface area contributed by atoms with Crippen molar-refractivity contribution in [1.82, 2.24) is 5.32 Å². The number of halogens is 1. The summed E-state index contributed by atoms with van der Waals surface area (Å²) in [4.78, 5) is 0. The monoisotopic (exact) mass is 235 g/mol. The molecule has 94 valence electrons. The molecule has 0 bridgehead atoms. The number of benzene rings is 1. The summed E-state index contributed by atoms with van der Waals surface area (Å²) >= 11 is 0. The fourth-order valence-electron chi connectivity index (χ4n) is 2.84. The molecule has 1 aromatic rings. The summed E-state index contributed by atoms with van der Waals surface area (Å²) in [5.41, 5.74) is 1.18. The van der Waals surface area contributed by atoms with Crippen molar-refractivity contribution >= 4 is 0 Å². The van der Waals surface area contributed by atoms with Crippen LogP contribution < -0.4 is 5.32 Å². The van der Waals surface area contributed by atoms with Crippen LogP contribution in [0.1, 0.15) is 44.6 Å². The van der Waals surface area contributed by atoms with Crippen molar-refractivity contribution in [3.8, 4) is 0 Å². The van der Waals surface area contributed by atoms with Gasteiger partial charge < -0.3 is 5.32 Å². The quantitative estimate of drug-likeness (QED) is 0.839. The Labute approximate surface area is 103 Å². The van der Waals surface area contributed by atoms with Crippen LogP contribution in [-0.4, -0.2) is 12.6 Å². The van der Waals surface area contributed by atoms with Gasteiger partial charge in [-0.15, -0.1) is 0 Å². The van der Waals surface area contributed by atoms with Gasteiger partial charge in [-0.25, -0.2) is 4.39 Å². The Kier molecular flexibility index (Phi) is 4.16. The highest BCUT2D eigenvalue weighted by atomic mass is 19.1. The van der Waals surface area contributed by atoms with E-state index in [1.807, 2.05) is 6.07 Å². The first-order chi connectivity index (χ1) is 8.16. The summed E-state index contributed by atoms with van der Waals surface area (Å²) in [5.74, 6) is 1.10. The predicted molar refractivity (Wildman–Crippen MR) is 69.6 cm³/mol. The highest BCUT2D eigenvalue weighted by Crippen LogP contribution is 2.39. The second kappa shape index (κ2) is 5.63. The number of hydrogen-bond donors (Lipinski definition) is 1. The van der Waals surface area contributed by atoms with Gasteiger partial charge in [0.15, 0.2) is 0 Å². The minimum absolute atomic E-state index is 0.107. The average molecular weight is 235 g/mol. The third kappa shape index (κ3) is 3.29. The van der Waals surface area contributed by atoms with Gasteiger partial charge in [-0.05, 0) is 48.9 Å². The summed E-state index contributed by atoms with van der Waals surface area (Å²) in [6.07, 6.45) is 3.74. The van der Waals surface area contributed by atoms with Gasteiger partial charge in [0, 0.05) is 6.04 Å². The van der Waals surface area contributed by atoms with Gasteiger partial charge in [0.1, 0.15) is 5.82 Å². The fraction of sp³-hybridized carbons (Fsp3) is 0.600. The Bertz CT molecular complexity index is 362. The first-order valence-electron chi connectivity index (χ1n) is 6.65.